The zero-order valence-corrected chi connectivity index (χ0v) is 12.7. The van der Waals surface area contributed by atoms with E-state index in [1.807, 2.05) is 0 Å². The highest BCUT2D eigenvalue weighted by Gasteiger charge is 2.51. The highest BCUT2D eigenvalue weighted by molar-refractivity contribution is 5.91. The Labute approximate surface area is 125 Å². The molecular formula is C17H23FN2O. The van der Waals surface area contributed by atoms with Crippen LogP contribution < -0.4 is 5.32 Å². The lowest BCUT2D eigenvalue weighted by molar-refractivity contribution is -0.123. The van der Waals surface area contributed by atoms with E-state index in [1.54, 1.807) is 12.1 Å². The average molecular weight is 290 g/mol. The number of carbonyl (C=O) groups is 1. The number of hydrogen-bond donors (Lipinski definition) is 1. The Bertz CT molecular complexity index is 516. The fourth-order valence-corrected chi connectivity index (χ4v) is 3.16. The van der Waals surface area contributed by atoms with Gasteiger partial charge in [0.1, 0.15) is 5.82 Å². The maximum atomic E-state index is 13.0. The van der Waals surface area contributed by atoms with Gasteiger partial charge in [0.15, 0.2) is 0 Å². The van der Waals surface area contributed by atoms with Crippen molar-refractivity contribution in [2.45, 2.75) is 37.1 Å². The summed E-state index contributed by atoms with van der Waals surface area (Å²) in [5.41, 5.74) is 0.530. The normalized spacial score (nSPS) is 21.1. The van der Waals surface area contributed by atoms with E-state index in [4.69, 9.17) is 0 Å². The molecule has 1 atom stereocenters. The van der Waals surface area contributed by atoms with Gasteiger partial charge in [0.2, 0.25) is 5.91 Å². The van der Waals surface area contributed by atoms with Gasteiger partial charge >= 0.3 is 0 Å². The largest absolute Gasteiger partial charge is 0.354 e. The smallest absolute Gasteiger partial charge is 0.230 e. The second-order valence-electron chi connectivity index (χ2n) is 6.67. The van der Waals surface area contributed by atoms with Crippen molar-refractivity contribution in [1.29, 1.82) is 0 Å². The minimum Gasteiger partial charge on any atom is -0.354 e. The van der Waals surface area contributed by atoms with Gasteiger partial charge in [-0.3, -0.25) is 4.79 Å². The van der Waals surface area contributed by atoms with E-state index < -0.39 is 5.41 Å². The van der Waals surface area contributed by atoms with Crippen molar-refractivity contribution in [3.63, 3.8) is 0 Å². The zero-order chi connectivity index (χ0) is 15.0. The van der Waals surface area contributed by atoms with E-state index in [0.29, 0.717) is 12.6 Å². The molecule has 0 unspecified atom stereocenters. The van der Waals surface area contributed by atoms with E-state index in [-0.39, 0.29) is 11.7 Å². The van der Waals surface area contributed by atoms with Gasteiger partial charge < -0.3 is 10.2 Å². The molecule has 0 radical (unpaired) electrons. The quantitative estimate of drug-likeness (QED) is 0.872. The van der Waals surface area contributed by atoms with Gasteiger partial charge in [-0.05, 0) is 63.4 Å². The number of rotatable bonds is 6. The Kier molecular flexibility index (Phi) is 3.74. The molecule has 1 aromatic rings. The second kappa shape index (κ2) is 5.41. The maximum Gasteiger partial charge on any atom is 0.230 e. The molecule has 2 saturated carbocycles. The predicted octanol–water partition coefficient (Wildman–Crippen LogP) is 2.31. The fraction of sp³-hybridized carbons (Fsp3) is 0.588. The maximum absolute atomic E-state index is 13.0. The first-order valence-corrected chi connectivity index (χ1v) is 7.74. The molecule has 114 valence electrons. The third-order valence-electron chi connectivity index (χ3n) is 4.88. The summed E-state index contributed by atoms with van der Waals surface area (Å²) < 4.78 is 13.0. The van der Waals surface area contributed by atoms with Crippen molar-refractivity contribution < 1.29 is 9.18 Å². The summed E-state index contributed by atoms with van der Waals surface area (Å²) in [5, 5.41) is 3.13. The lowest BCUT2D eigenvalue weighted by Gasteiger charge is -2.25. The van der Waals surface area contributed by atoms with Gasteiger partial charge in [0, 0.05) is 12.6 Å². The Morgan fingerprint density at radius 1 is 1.33 bits per heavy atom. The summed E-state index contributed by atoms with van der Waals surface area (Å²) in [6, 6.07) is 6.79. The van der Waals surface area contributed by atoms with Gasteiger partial charge in [-0.1, -0.05) is 12.1 Å². The number of halogens is 1. The molecule has 0 saturated heterocycles. The molecule has 1 amide bonds. The number of nitrogens with one attached hydrogen (secondary N) is 1. The first kappa shape index (κ1) is 14.5. The molecule has 4 heteroatoms. The van der Waals surface area contributed by atoms with Crippen molar-refractivity contribution >= 4 is 5.91 Å². The molecule has 2 aliphatic carbocycles. The molecule has 0 bridgehead atoms. The third-order valence-corrected chi connectivity index (χ3v) is 4.88. The van der Waals surface area contributed by atoms with Crippen LogP contribution in [-0.4, -0.2) is 37.5 Å². The SMILES string of the molecule is CN(C)[C@H](CNC(=O)C1(c2ccc(F)cc2)CC1)C1CC1. The van der Waals surface area contributed by atoms with E-state index >= 15 is 0 Å². The summed E-state index contributed by atoms with van der Waals surface area (Å²) in [5.74, 6) is 0.569. The lowest BCUT2D eigenvalue weighted by atomic mass is 9.95. The van der Waals surface area contributed by atoms with Crippen LogP contribution in [0.1, 0.15) is 31.2 Å². The van der Waals surface area contributed by atoms with Crippen molar-refractivity contribution in [2.75, 3.05) is 20.6 Å². The van der Waals surface area contributed by atoms with Gasteiger partial charge in [-0.25, -0.2) is 4.39 Å². The van der Waals surface area contributed by atoms with Crippen LogP contribution in [0.15, 0.2) is 24.3 Å². The Balaban J connectivity index is 1.63. The van der Waals surface area contributed by atoms with Crippen LogP contribution in [0.3, 0.4) is 0 Å². The minimum absolute atomic E-state index is 0.0987. The average Bonchev–Trinajstić information content (AvgIpc) is 3.33. The highest BCUT2D eigenvalue weighted by atomic mass is 19.1. The van der Waals surface area contributed by atoms with Gasteiger partial charge in [-0.15, -0.1) is 0 Å². The van der Waals surface area contributed by atoms with Crippen LogP contribution in [0.25, 0.3) is 0 Å². The number of hydrogen-bond acceptors (Lipinski definition) is 2. The monoisotopic (exact) mass is 290 g/mol. The molecular weight excluding hydrogens is 267 g/mol. The van der Waals surface area contributed by atoms with Crippen molar-refractivity contribution in [3.8, 4) is 0 Å². The molecule has 0 heterocycles. The standard InChI is InChI=1S/C17H23FN2O/c1-20(2)15(12-3-4-12)11-19-16(21)17(9-10-17)13-5-7-14(18)8-6-13/h5-8,12,15H,3-4,9-11H2,1-2H3,(H,19,21)/t15-/m1/s1. The Morgan fingerprint density at radius 2 is 1.95 bits per heavy atom. The number of carbonyl (C=O) groups excluding carboxylic acids is 1. The van der Waals surface area contributed by atoms with Crippen LogP contribution in [0.4, 0.5) is 4.39 Å². The Hall–Kier alpha value is -1.42. The predicted molar refractivity (Wildman–Crippen MR) is 80.5 cm³/mol. The third kappa shape index (κ3) is 2.95. The zero-order valence-electron chi connectivity index (χ0n) is 12.7. The van der Waals surface area contributed by atoms with E-state index in [0.717, 1.165) is 24.3 Å². The summed E-state index contributed by atoms with van der Waals surface area (Å²) in [6.45, 7) is 0.708. The van der Waals surface area contributed by atoms with Gasteiger partial charge in [-0.2, -0.15) is 0 Å². The topological polar surface area (TPSA) is 32.3 Å². The number of amides is 1. The van der Waals surface area contributed by atoms with Crippen LogP contribution in [0, 0.1) is 11.7 Å². The molecule has 2 aliphatic rings. The Morgan fingerprint density at radius 3 is 2.43 bits per heavy atom. The van der Waals surface area contributed by atoms with Gasteiger partial charge in [0.05, 0.1) is 5.41 Å². The molecule has 0 spiro atoms. The van der Waals surface area contributed by atoms with Gasteiger partial charge in [0.25, 0.3) is 0 Å². The molecule has 0 aromatic heterocycles. The summed E-state index contributed by atoms with van der Waals surface area (Å²) in [6.07, 6.45) is 4.25. The second-order valence-corrected chi connectivity index (χ2v) is 6.67. The van der Waals surface area contributed by atoms with Crippen molar-refractivity contribution in [1.82, 2.24) is 10.2 Å². The summed E-state index contributed by atoms with van der Waals surface area (Å²) in [7, 11) is 4.14. The van der Waals surface area contributed by atoms with Crippen LogP contribution in [-0.2, 0) is 10.2 Å². The molecule has 1 aromatic carbocycles. The van der Waals surface area contributed by atoms with E-state index in [2.05, 4.69) is 24.3 Å². The summed E-state index contributed by atoms with van der Waals surface area (Å²) >= 11 is 0. The van der Waals surface area contributed by atoms with Crippen LogP contribution >= 0.6 is 0 Å². The molecule has 0 aliphatic heterocycles. The van der Waals surface area contributed by atoms with E-state index in [1.165, 1.54) is 25.0 Å². The van der Waals surface area contributed by atoms with Crippen LogP contribution in [0.5, 0.6) is 0 Å². The lowest BCUT2D eigenvalue weighted by Crippen LogP contribution is -2.44. The molecule has 3 nitrogen and oxygen atoms in total. The highest BCUT2D eigenvalue weighted by Crippen LogP contribution is 2.48. The minimum atomic E-state index is -0.409. The first-order valence-electron chi connectivity index (χ1n) is 7.74. The molecule has 1 N–H and O–H groups in total. The van der Waals surface area contributed by atoms with Crippen molar-refractivity contribution in [3.05, 3.63) is 35.6 Å². The number of likely N-dealkylation sites (N-methyl/N-ethyl adjacent to an activating group) is 1. The number of benzene rings is 1. The first-order chi connectivity index (χ1) is 10.0. The van der Waals surface area contributed by atoms with E-state index in [9.17, 15) is 9.18 Å². The molecule has 3 rings (SSSR count). The molecule has 21 heavy (non-hydrogen) atoms. The fourth-order valence-electron chi connectivity index (χ4n) is 3.16. The summed E-state index contributed by atoms with van der Waals surface area (Å²) in [4.78, 5) is 14.8. The molecule has 2 fully saturated rings. The van der Waals surface area contributed by atoms with Crippen molar-refractivity contribution in [2.24, 2.45) is 5.92 Å². The number of nitrogens with zero attached hydrogens (tertiary/aromatic N) is 1. The van der Waals surface area contributed by atoms with Crippen LogP contribution in [0.2, 0.25) is 0 Å².